The van der Waals surface area contributed by atoms with Crippen molar-refractivity contribution in [2.24, 2.45) is 22.2 Å². The fourth-order valence-corrected chi connectivity index (χ4v) is 2.12. The third-order valence-corrected chi connectivity index (χ3v) is 3.60. The van der Waals surface area contributed by atoms with E-state index in [0.717, 1.165) is 19.4 Å². The van der Waals surface area contributed by atoms with E-state index in [0.29, 0.717) is 18.8 Å². The quantitative estimate of drug-likeness (QED) is 0.330. The molecule has 1 fully saturated rings. The Morgan fingerprint density at radius 1 is 1.53 bits per heavy atom. The van der Waals surface area contributed by atoms with Gasteiger partial charge in [-0.3, -0.25) is 4.79 Å². The van der Waals surface area contributed by atoms with Gasteiger partial charge in [0, 0.05) is 13.6 Å². The van der Waals surface area contributed by atoms with Crippen LogP contribution in [0.25, 0.3) is 0 Å². The molecule has 1 saturated carbocycles. The van der Waals surface area contributed by atoms with E-state index in [9.17, 15) is 4.79 Å². The van der Waals surface area contributed by atoms with Crippen LogP contribution in [0.5, 0.6) is 0 Å². The van der Waals surface area contributed by atoms with Gasteiger partial charge in [-0.2, -0.15) is 0 Å². The van der Waals surface area contributed by atoms with E-state index < -0.39 is 5.41 Å². The van der Waals surface area contributed by atoms with E-state index >= 15 is 0 Å². The molecule has 0 radical (unpaired) electrons. The maximum Gasteiger partial charge on any atom is 0.236 e. The van der Waals surface area contributed by atoms with Gasteiger partial charge in [0.25, 0.3) is 0 Å². The molecule has 0 aliphatic heterocycles. The highest BCUT2D eigenvalue weighted by Crippen LogP contribution is 2.42. The van der Waals surface area contributed by atoms with Crippen LogP contribution in [-0.2, 0) is 4.79 Å². The number of hydrogen-bond acceptors (Lipinski definition) is 3. The van der Waals surface area contributed by atoms with E-state index in [1.807, 2.05) is 0 Å². The molecule has 0 saturated heterocycles. The van der Waals surface area contributed by atoms with E-state index in [1.54, 1.807) is 11.9 Å². The molecule has 5 heteroatoms. The van der Waals surface area contributed by atoms with Crippen molar-refractivity contribution in [2.45, 2.75) is 39.5 Å². The largest absolute Gasteiger partial charge is 0.409 e. The maximum atomic E-state index is 12.3. The second-order valence-electron chi connectivity index (χ2n) is 5.33. The Morgan fingerprint density at radius 3 is 2.47 bits per heavy atom. The van der Waals surface area contributed by atoms with Crippen molar-refractivity contribution in [1.82, 2.24) is 4.90 Å². The van der Waals surface area contributed by atoms with Gasteiger partial charge in [0.1, 0.15) is 5.41 Å². The van der Waals surface area contributed by atoms with Crippen molar-refractivity contribution in [3.05, 3.63) is 0 Å². The Bertz CT molecular complexity index is 309. The summed E-state index contributed by atoms with van der Waals surface area (Å²) in [6.45, 7) is 4.97. The van der Waals surface area contributed by atoms with E-state index in [1.165, 1.54) is 0 Å². The van der Waals surface area contributed by atoms with Crippen LogP contribution in [0.2, 0.25) is 0 Å². The molecule has 3 N–H and O–H groups in total. The van der Waals surface area contributed by atoms with Gasteiger partial charge in [-0.25, -0.2) is 0 Å². The molecule has 1 aliphatic rings. The van der Waals surface area contributed by atoms with E-state index in [2.05, 4.69) is 19.0 Å². The SMILES string of the molecule is CC(C)CCN(C)C(=O)C1(C(N)=NO)CCC1. The standard InChI is InChI=1S/C12H23N3O2/c1-9(2)5-8-15(3)11(16)12(6-4-7-12)10(13)14-17/h9,17H,4-8H2,1-3H3,(H2,13,14). The monoisotopic (exact) mass is 241 g/mol. The Labute approximate surface area is 103 Å². The van der Waals surface area contributed by atoms with Crippen LogP contribution in [0.3, 0.4) is 0 Å². The van der Waals surface area contributed by atoms with Crippen molar-refractivity contribution in [3.8, 4) is 0 Å². The highest BCUT2D eigenvalue weighted by Gasteiger charge is 2.49. The normalized spacial score (nSPS) is 18.9. The van der Waals surface area contributed by atoms with Crippen molar-refractivity contribution >= 4 is 11.7 Å². The third-order valence-electron chi connectivity index (χ3n) is 3.60. The number of carbonyl (C=O) groups is 1. The summed E-state index contributed by atoms with van der Waals surface area (Å²) < 4.78 is 0. The number of amidine groups is 1. The molecule has 1 aliphatic carbocycles. The van der Waals surface area contributed by atoms with E-state index in [4.69, 9.17) is 10.9 Å². The number of rotatable bonds is 5. The number of carbonyl (C=O) groups excluding carboxylic acids is 1. The van der Waals surface area contributed by atoms with E-state index in [-0.39, 0.29) is 11.7 Å². The molecule has 1 amide bonds. The predicted octanol–water partition coefficient (Wildman–Crippen LogP) is 1.41. The number of amides is 1. The lowest BCUT2D eigenvalue weighted by Crippen LogP contribution is -2.54. The number of nitrogens with two attached hydrogens (primary N) is 1. The summed E-state index contributed by atoms with van der Waals surface area (Å²) in [5.41, 5.74) is 4.92. The first-order valence-electron chi connectivity index (χ1n) is 6.17. The fraction of sp³-hybridized carbons (Fsp3) is 0.833. The minimum Gasteiger partial charge on any atom is -0.409 e. The lowest BCUT2D eigenvalue weighted by molar-refractivity contribution is -0.140. The molecular weight excluding hydrogens is 218 g/mol. The Morgan fingerprint density at radius 2 is 2.12 bits per heavy atom. The summed E-state index contributed by atoms with van der Waals surface area (Å²) >= 11 is 0. The van der Waals surface area contributed by atoms with Crippen LogP contribution in [0.15, 0.2) is 5.16 Å². The van der Waals surface area contributed by atoms with Gasteiger partial charge in [-0.15, -0.1) is 0 Å². The molecule has 0 unspecified atom stereocenters. The molecule has 98 valence electrons. The van der Waals surface area contributed by atoms with Crippen molar-refractivity contribution in [3.63, 3.8) is 0 Å². The summed E-state index contributed by atoms with van der Waals surface area (Å²) in [5, 5.41) is 11.8. The molecule has 0 aromatic carbocycles. The smallest absolute Gasteiger partial charge is 0.236 e. The lowest BCUT2D eigenvalue weighted by Gasteiger charge is -2.41. The highest BCUT2D eigenvalue weighted by molar-refractivity contribution is 6.07. The molecule has 0 spiro atoms. The third kappa shape index (κ3) is 2.70. The second-order valence-corrected chi connectivity index (χ2v) is 5.33. The van der Waals surface area contributed by atoms with Crippen molar-refractivity contribution in [1.29, 1.82) is 0 Å². The molecule has 1 rings (SSSR count). The zero-order valence-electron chi connectivity index (χ0n) is 10.9. The van der Waals surface area contributed by atoms with Gasteiger partial charge in [0.15, 0.2) is 5.84 Å². The first-order valence-corrected chi connectivity index (χ1v) is 6.17. The lowest BCUT2D eigenvalue weighted by atomic mass is 9.67. The molecule has 0 bridgehead atoms. The summed E-state index contributed by atoms with van der Waals surface area (Å²) in [6.07, 6.45) is 3.30. The van der Waals surface area contributed by atoms with Crippen LogP contribution >= 0.6 is 0 Å². The molecule has 0 heterocycles. The van der Waals surface area contributed by atoms with Gasteiger partial charge in [-0.05, 0) is 25.2 Å². The second kappa shape index (κ2) is 5.38. The molecule has 0 aromatic rings. The van der Waals surface area contributed by atoms with Crippen LogP contribution in [-0.4, -0.2) is 35.4 Å². The number of hydrogen-bond donors (Lipinski definition) is 2. The van der Waals surface area contributed by atoms with Crippen molar-refractivity contribution < 1.29 is 10.0 Å². The van der Waals surface area contributed by atoms with Crippen molar-refractivity contribution in [2.75, 3.05) is 13.6 Å². The number of nitrogens with zero attached hydrogens (tertiary/aromatic N) is 2. The molecule has 0 atom stereocenters. The minimum atomic E-state index is -0.736. The molecule has 5 nitrogen and oxygen atoms in total. The molecular formula is C12H23N3O2. The first kappa shape index (κ1) is 13.8. The average molecular weight is 241 g/mol. The summed E-state index contributed by atoms with van der Waals surface area (Å²) in [6, 6.07) is 0. The van der Waals surface area contributed by atoms with Gasteiger partial charge < -0.3 is 15.8 Å². The summed E-state index contributed by atoms with van der Waals surface area (Å²) in [5.74, 6) is 0.608. The predicted molar refractivity (Wildman–Crippen MR) is 66.8 cm³/mol. The zero-order valence-corrected chi connectivity index (χ0v) is 10.9. The molecule has 0 aromatic heterocycles. The summed E-state index contributed by atoms with van der Waals surface area (Å²) in [4.78, 5) is 14.0. The van der Waals surface area contributed by atoms with Gasteiger partial charge in [0.05, 0.1) is 0 Å². The average Bonchev–Trinajstić information content (AvgIpc) is 2.23. The minimum absolute atomic E-state index is 0.0142. The van der Waals surface area contributed by atoms with Gasteiger partial charge in [-0.1, -0.05) is 25.4 Å². The van der Waals surface area contributed by atoms with Crippen LogP contribution in [0, 0.1) is 11.3 Å². The highest BCUT2D eigenvalue weighted by atomic mass is 16.4. The van der Waals surface area contributed by atoms with Crippen LogP contribution < -0.4 is 5.73 Å². The first-order chi connectivity index (χ1) is 7.94. The van der Waals surface area contributed by atoms with Gasteiger partial charge >= 0.3 is 0 Å². The topological polar surface area (TPSA) is 78.9 Å². The Balaban J connectivity index is 2.67. The number of oxime groups is 1. The maximum absolute atomic E-state index is 12.3. The fourth-order valence-electron chi connectivity index (χ4n) is 2.12. The summed E-state index contributed by atoms with van der Waals surface area (Å²) in [7, 11) is 1.79. The Hall–Kier alpha value is -1.26. The molecule has 17 heavy (non-hydrogen) atoms. The van der Waals surface area contributed by atoms with Gasteiger partial charge in [0.2, 0.25) is 5.91 Å². The van der Waals surface area contributed by atoms with Crippen LogP contribution in [0.4, 0.5) is 0 Å². The zero-order chi connectivity index (χ0) is 13.1. The van der Waals surface area contributed by atoms with Crippen LogP contribution in [0.1, 0.15) is 39.5 Å². The Kier molecular flexibility index (Phi) is 4.37.